The van der Waals surface area contributed by atoms with E-state index in [1.165, 1.54) is 11.1 Å². The van der Waals surface area contributed by atoms with Gasteiger partial charge in [0, 0.05) is 19.5 Å². The summed E-state index contributed by atoms with van der Waals surface area (Å²) in [5, 5.41) is 7.97. The highest BCUT2D eigenvalue weighted by Gasteiger charge is 2.22. The number of ether oxygens (including phenoxy) is 1. The van der Waals surface area contributed by atoms with E-state index in [0.717, 1.165) is 23.3 Å². The van der Waals surface area contributed by atoms with E-state index in [1.54, 1.807) is 7.11 Å². The molecule has 0 bridgehead atoms. The third-order valence-corrected chi connectivity index (χ3v) is 4.02. The quantitative estimate of drug-likeness (QED) is 0.832. The van der Waals surface area contributed by atoms with Crippen LogP contribution in [0.4, 0.5) is 0 Å². The number of rotatable bonds is 7. The van der Waals surface area contributed by atoms with Crippen LogP contribution in [-0.2, 0) is 11.3 Å². The van der Waals surface area contributed by atoms with Crippen molar-refractivity contribution in [3.63, 3.8) is 0 Å². The Labute approximate surface area is 133 Å². The van der Waals surface area contributed by atoms with Crippen LogP contribution in [0.15, 0.2) is 29.1 Å². The van der Waals surface area contributed by atoms with Gasteiger partial charge in [-0.25, -0.2) is 0 Å². The lowest BCUT2D eigenvalue weighted by molar-refractivity contribution is 0.182. The molecule has 2 aromatic heterocycles. The lowest BCUT2D eigenvalue weighted by Crippen LogP contribution is -2.26. The van der Waals surface area contributed by atoms with Crippen LogP contribution in [0.1, 0.15) is 29.8 Å². The minimum absolute atomic E-state index is 0.0532. The molecule has 2 heterocycles. The summed E-state index contributed by atoms with van der Waals surface area (Å²) in [5.41, 5.74) is 3.48. The Morgan fingerprint density at radius 1 is 1.43 bits per heavy atom. The van der Waals surface area contributed by atoms with Crippen LogP contribution < -0.4 is 5.32 Å². The molecule has 5 nitrogen and oxygen atoms in total. The zero-order chi connectivity index (χ0) is 15.2. The number of pyridine rings is 1. The van der Waals surface area contributed by atoms with E-state index >= 15 is 0 Å². The van der Waals surface area contributed by atoms with Gasteiger partial charge < -0.3 is 10.1 Å². The van der Waals surface area contributed by atoms with Gasteiger partial charge in [0.2, 0.25) is 0 Å². The predicted molar refractivity (Wildman–Crippen MR) is 86.3 cm³/mol. The second-order valence-corrected chi connectivity index (χ2v) is 5.67. The van der Waals surface area contributed by atoms with Gasteiger partial charge in [-0.2, -0.15) is 5.10 Å². The molecule has 0 aliphatic heterocycles. The van der Waals surface area contributed by atoms with E-state index in [2.05, 4.69) is 45.2 Å². The molecule has 0 fully saturated rings. The number of aryl methyl sites for hydroxylation is 1. The molecular weight excluding hydrogens is 332 g/mol. The summed E-state index contributed by atoms with van der Waals surface area (Å²) >= 11 is 3.62. The van der Waals surface area contributed by atoms with Gasteiger partial charge in [0.25, 0.3) is 0 Å². The number of aromatic nitrogens is 3. The number of hydrogen-bond acceptors (Lipinski definition) is 4. The smallest absolute Gasteiger partial charge is 0.0777 e. The van der Waals surface area contributed by atoms with Crippen LogP contribution in [-0.4, -0.2) is 35.0 Å². The summed E-state index contributed by atoms with van der Waals surface area (Å²) in [7, 11) is 1.70. The number of hydrogen-bond donors (Lipinski definition) is 1. The van der Waals surface area contributed by atoms with Crippen LogP contribution in [0.5, 0.6) is 0 Å². The molecule has 0 saturated heterocycles. The molecule has 21 heavy (non-hydrogen) atoms. The van der Waals surface area contributed by atoms with Crippen molar-refractivity contribution >= 4 is 15.9 Å². The van der Waals surface area contributed by atoms with Gasteiger partial charge in [-0.3, -0.25) is 9.67 Å². The van der Waals surface area contributed by atoms with Gasteiger partial charge in [-0.15, -0.1) is 0 Å². The van der Waals surface area contributed by atoms with E-state index in [0.29, 0.717) is 6.61 Å². The third-order valence-electron chi connectivity index (χ3n) is 3.41. The minimum atomic E-state index is 0.0532. The van der Waals surface area contributed by atoms with Crippen LogP contribution in [0.3, 0.4) is 0 Å². The van der Waals surface area contributed by atoms with Gasteiger partial charge in [0.05, 0.1) is 35.6 Å². The zero-order valence-corrected chi connectivity index (χ0v) is 14.2. The van der Waals surface area contributed by atoms with Crippen LogP contribution in [0.2, 0.25) is 0 Å². The van der Waals surface area contributed by atoms with E-state index in [-0.39, 0.29) is 6.04 Å². The maximum atomic E-state index is 5.17. The first-order chi connectivity index (χ1) is 10.2. The van der Waals surface area contributed by atoms with Gasteiger partial charge in [0.1, 0.15) is 0 Å². The molecule has 0 spiro atoms. The Morgan fingerprint density at radius 3 is 2.90 bits per heavy atom. The normalized spacial score (nSPS) is 12.6. The van der Waals surface area contributed by atoms with Crippen LogP contribution in [0, 0.1) is 6.92 Å². The van der Waals surface area contributed by atoms with E-state index in [4.69, 9.17) is 4.74 Å². The zero-order valence-electron chi connectivity index (χ0n) is 12.6. The first-order valence-corrected chi connectivity index (χ1v) is 7.82. The molecule has 0 aliphatic rings. The Bertz CT molecular complexity index is 585. The standard InChI is InChI=1S/C15H21BrN4O/c1-4-18-14(12-9-17-6-5-11(12)2)15-13(16)10-19-20(15)7-8-21-3/h5-6,9-10,14,18H,4,7-8H2,1-3H3. The van der Waals surface area contributed by atoms with Crippen molar-refractivity contribution in [2.24, 2.45) is 0 Å². The van der Waals surface area contributed by atoms with Gasteiger partial charge in [-0.1, -0.05) is 6.92 Å². The SMILES string of the molecule is CCNC(c1cnccc1C)c1c(Br)cnn1CCOC. The topological polar surface area (TPSA) is 52.0 Å². The molecule has 114 valence electrons. The fourth-order valence-corrected chi connectivity index (χ4v) is 2.88. The number of methoxy groups -OCH3 is 1. The summed E-state index contributed by atoms with van der Waals surface area (Å²) in [4.78, 5) is 4.27. The van der Waals surface area contributed by atoms with Crippen molar-refractivity contribution in [2.75, 3.05) is 20.3 Å². The average Bonchev–Trinajstić information content (AvgIpc) is 2.84. The Morgan fingerprint density at radius 2 is 2.24 bits per heavy atom. The Kier molecular flexibility index (Phi) is 5.90. The molecular formula is C15H21BrN4O. The summed E-state index contributed by atoms with van der Waals surface area (Å²) < 4.78 is 8.14. The van der Waals surface area contributed by atoms with Crippen molar-refractivity contribution in [1.29, 1.82) is 0 Å². The average molecular weight is 353 g/mol. The van der Waals surface area contributed by atoms with E-state index < -0.39 is 0 Å². The summed E-state index contributed by atoms with van der Waals surface area (Å²) in [6.07, 6.45) is 5.57. The van der Waals surface area contributed by atoms with Crippen LogP contribution >= 0.6 is 15.9 Å². The minimum Gasteiger partial charge on any atom is -0.383 e. The van der Waals surface area contributed by atoms with Crippen molar-refractivity contribution < 1.29 is 4.74 Å². The summed E-state index contributed by atoms with van der Waals surface area (Å²) in [6.45, 7) is 6.42. The van der Waals surface area contributed by atoms with Crippen molar-refractivity contribution in [3.8, 4) is 0 Å². The molecule has 2 rings (SSSR count). The monoisotopic (exact) mass is 352 g/mol. The fraction of sp³-hybridized carbons (Fsp3) is 0.467. The fourth-order valence-electron chi connectivity index (χ4n) is 2.35. The molecule has 1 atom stereocenters. The van der Waals surface area contributed by atoms with Gasteiger partial charge in [0.15, 0.2) is 0 Å². The lowest BCUT2D eigenvalue weighted by atomic mass is 10.0. The number of nitrogens with one attached hydrogen (secondary N) is 1. The van der Waals surface area contributed by atoms with E-state index in [1.807, 2.05) is 29.3 Å². The first kappa shape index (κ1) is 16.1. The van der Waals surface area contributed by atoms with E-state index in [9.17, 15) is 0 Å². The molecule has 0 amide bonds. The second-order valence-electron chi connectivity index (χ2n) is 4.82. The summed E-state index contributed by atoms with van der Waals surface area (Å²) in [6, 6.07) is 2.08. The predicted octanol–water partition coefficient (Wildman–Crippen LogP) is 2.69. The number of nitrogens with zero attached hydrogens (tertiary/aromatic N) is 3. The second kappa shape index (κ2) is 7.68. The van der Waals surface area contributed by atoms with Crippen LogP contribution in [0.25, 0.3) is 0 Å². The largest absolute Gasteiger partial charge is 0.383 e. The molecule has 1 N–H and O–H groups in total. The summed E-state index contributed by atoms with van der Waals surface area (Å²) in [5.74, 6) is 0. The van der Waals surface area contributed by atoms with Crippen molar-refractivity contribution in [3.05, 3.63) is 46.0 Å². The highest BCUT2D eigenvalue weighted by atomic mass is 79.9. The number of halogens is 1. The van der Waals surface area contributed by atoms with Crippen molar-refractivity contribution in [1.82, 2.24) is 20.1 Å². The maximum absolute atomic E-state index is 5.17. The van der Waals surface area contributed by atoms with Gasteiger partial charge in [-0.05, 0) is 46.6 Å². The Hall–Kier alpha value is -1.24. The first-order valence-electron chi connectivity index (χ1n) is 7.03. The third kappa shape index (κ3) is 3.70. The molecule has 1 unspecified atom stereocenters. The maximum Gasteiger partial charge on any atom is 0.0777 e. The molecule has 0 aromatic carbocycles. The lowest BCUT2D eigenvalue weighted by Gasteiger charge is -2.22. The highest BCUT2D eigenvalue weighted by Crippen LogP contribution is 2.29. The Balaban J connectivity index is 2.43. The molecule has 0 radical (unpaired) electrons. The molecule has 2 aromatic rings. The van der Waals surface area contributed by atoms with Crippen molar-refractivity contribution in [2.45, 2.75) is 26.4 Å². The van der Waals surface area contributed by atoms with Gasteiger partial charge >= 0.3 is 0 Å². The molecule has 6 heteroatoms. The highest BCUT2D eigenvalue weighted by molar-refractivity contribution is 9.10. The molecule has 0 aliphatic carbocycles. The molecule has 0 saturated carbocycles.